The van der Waals surface area contributed by atoms with E-state index in [-0.39, 0.29) is 5.56 Å². The van der Waals surface area contributed by atoms with Gasteiger partial charge in [0.2, 0.25) is 0 Å². The van der Waals surface area contributed by atoms with Crippen molar-refractivity contribution in [3.63, 3.8) is 0 Å². The smallest absolute Gasteiger partial charge is 0.259 e. The van der Waals surface area contributed by atoms with Crippen LogP contribution in [0.3, 0.4) is 0 Å². The van der Waals surface area contributed by atoms with E-state index in [2.05, 4.69) is 47.1 Å². The fourth-order valence-electron chi connectivity index (χ4n) is 2.17. The highest BCUT2D eigenvalue weighted by Crippen LogP contribution is 2.25. The minimum absolute atomic E-state index is 0.189. The lowest BCUT2D eigenvalue weighted by molar-refractivity contribution is 0.415. The molecular weight excluding hydrogens is 438 g/mol. The lowest BCUT2D eigenvalue weighted by atomic mass is 10.2. The molecule has 24 heavy (non-hydrogen) atoms. The summed E-state index contributed by atoms with van der Waals surface area (Å²) in [5.41, 5.74) is 1.33. The maximum Gasteiger partial charge on any atom is 0.259 e. The van der Waals surface area contributed by atoms with Crippen molar-refractivity contribution in [2.75, 3.05) is 12.4 Å². The molecule has 0 amide bonds. The number of aromatic amines is 1. The number of aromatic nitrogens is 2. The third-order valence-corrected chi connectivity index (χ3v) is 4.39. The molecule has 0 atom stereocenters. The predicted octanol–water partition coefficient (Wildman–Crippen LogP) is 4.54. The second-order valence-electron chi connectivity index (χ2n) is 4.94. The second-order valence-corrected chi connectivity index (χ2v) is 6.71. The Kier molecular flexibility index (Phi) is 5.01. The van der Waals surface area contributed by atoms with Gasteiger partial charge in [-0.25, -0.2) is 4.98 Å². The molecule has 0 aliphatic rings. The molecule has 7 heteroatoms. The Morgan fingerprint density at radius 2 is 1.96 bits per heavy atom. The summed E-state index contributed by atoms with van der Waals surface area (Å²) in [5.74, 6) is 1.26. The molecule has 2 aromatic carbocycles. The number of methoxy groups -OCH3 is 1. The molecule has 3 aromatic rings. The first-order valence-electron chi connectivity index (χ1n) is 7.03. The summed E-state index contributed by atoms with van der Waals surface area (Å²) in [7, 11) is 1.63. The van der Waals surface area contributed by atoms with E-state index in [9.17, 15) is 4.79 Å². The van der Waals surface area contributed by atoms with Crippen LogP contribution in [0.1, 0.15) is 5.82 Å². The zero-order valence-electron chi connectivity index (χ0n) is 12.6. The zero-order valence-corrected chi connectivity index (χ0v) is 15.8. The minimum Gasteiger partial charge on any atom is -0.497 e. The molecule has 1 aromatic heterocycles. The highest BCUT2D eigenvalue weighted by Gasteiger charge is 2.07. The Balaban J connectivity index is 1.85. The van der Waals surface area contributed by atoms with Crippen LogP contribution in [0.2, 0.25) is 0 Å². The predicted molar refractivity (Wildman–Crippen MR) is 103 cm³/mol. The van der Waals surface area contributed by atoms with Crippen LogP contribution in [0.5, 0.6) is 5.75 Å². The summed E-state index contributed by atoms with van der Waals surface area (Å²) in [6.07, 6.45) is 3.43. The number of hydrogen-bond donors (Lipinski definition) is 2. The first-order chi connectivity index (χ1) is 11.6. The van der Waals surface area contributed by atoms with Crippen molar-refractivity contribution < 1.29 is 4.74 Å². The molecule has 0 unspecified atom stereocenters. The van der Waals surface area contributed by atoms with Crippen LogP contribution in [0, 0.1) is 0 Å². The fraction of sp³-hybridized carbons (Fsp3) is 0.0588. The molecule has 0 saturated heterocycles. The molecule has 0 fully saturated rings. The van der Waals surface area contributed by atoms with Crippen LogP contribution in [0.15, 0.2) is 56.3 Å². The van der Waals surface area contributed by atoms with Gasteiger partial charge in [-0.15, -0.1) is 0 Å². The van der Waals surface area contributed by atoms with Gasteiger partial charge in [-0.2, -0.15) is 0 Å². The lowest BCUT2D eigenvalue weighted by Gasteiger charge is -2.04. The largest absolute Gasteiger partial charge is 0.497 e. The van der Waals surface area contributed by atoms with E-state index in [4.69, 9.17) is 4.74 Å². The molecule has 2 N–H and O–H groups in total. The number of nitrogens with one attached hydrogen (secondary N) is 2. The molecule has 0 aliphatic heterocycles. The van der Waals surface area contributed by atoms with E-state index in [1.165, 1.54) is 0 Å². The van der Waals surface area contributed by atoms with E-state index >= 15 is 0 Å². The standard InChI is InChI=1S/C17H13Br2N3O2/c1-24-12-4-2-11(3-5-12)20-7-6-15-21-16-13(17(23)22-15)8-10(18)9-14(16)19/h2-9,20H,1H3,(H,21,22,23)/b7-6+. The highest BCUT2D eigenvalue weighted by molar-refractivity contribution is 9.11. The summed E-state index contributed by atoms with van der Waals surface area (Å²) in [6, 6.07) is 11.1. The van der Waals surface area contributed by atoms with Gasteiger partial charge in [0.25, 0.3) is 5.56 Å². The fourth-order valence-corrected chi connectivity index (χ4v) is 3.48. The average molecular weight is 451 g/mol. The quantitative estimate of drug-likeness (QED) is 0.612. The molecule has 0 bridgehead atoms. The van der Waals surface area contributed by atoms with Crippen LogP contribution in [-0.4, -0.2) is 17.1 Å². The number of ether oxygens (including phenoxy) is 1. The molecule has 1 heterocycles. The zero-order chi connectivity index (χ0) is 17.1. The molecule has 3 rings (SSSR count). The van der Waals surface area contributed by atoms with E-state index in [1.54, 1.807) is 25.5 Å². The number of nitrogens with zero attached hydrogens (tertiary/aromatic N) is 1. The number of rotatable bonds is 4. The number of hydrogen-bond acceptors (Lipinski definition) is 4. The number of H-pyrrole nitrogens is 1. The highest BCUT2D eigenvalue weighted by atomic mass is 79.9. The van der Waals surface area contributed by atoms with Crippen molar-refractivity contribution in [1.82, 2.24) is 9.97 Å². The summed E-state index contributed by atoms with van der Waals surface area (Å²) in [6.45, 7) is 0. The number of benzene rings is 2. The van der Waals surface area contributed by atoms with Gasteiger partial charge in [-0.05, 0) is 58.4 Å². The van der Waals surface area contributed by atoms with Gasteiger partial charge in [-0.3, -0.25) is 4.79 Å². The number of fused-ring (bicyclic) bond motifs is 1. The van der Waals surface area contributed by atoms with E-state index in [0.717, 1.165) is 20.4 Å². The Morgan fingerprint density at radius 1 is 1.21 bits per heavy atom. The van der Waals surface area contributed by atoms with Crippen molar-refractivity contribution in [1.29, 1.82) is 0 Å². The topological polar surface area (TPSA) is 67.0 Å². The van der Waals surface area contributed by atoms with Crippen LogP contribution in [-0.2, 0) is 0 Å². The first-order valence-corrected chi connectivity index (χ1v) is 8.61. The third kappa shape index (κ3) is 3.68. The summed E-state index contributed by atoms with van der Waals surface area (Å²) in [4.78, 5) is 19.4. The van der Waals surface area contributed by atoms with Gasteiger partial charge in [0.05, 0.1) is 18.0 Å². The average Bonchev–Trinajstić information content (AvgIpc) is 2.57. The molecule has 0 spiro atoms. The minimum atomic E-state index is -0.189. The van der Waals surface area contributed by atoms with Crippen molar-refractivity contribution in [2.45, 2.75) is 0 Å². The van der Waals surface area contributed by atoms with Crippen LogP contribution < -0.4 is 15.6 Å². The van der Waals surface area contributed by atoms with Crippen molar-refractivity contribution >= 4 is 54.5 Å². The molecule has 5 nitrogen and oxygen atoms in total. The van der Waals surface area contributed by atoms with Gasteiger partial charge >= 0.3 is 0 Å². The maximum atomic E-state index is 12.2. The molecule has 0 aliphatic carbocycles. The lowest BCUT2D eigenvalue weighted by Crippen LogP contribution is -2.10. The van der Waals surface area contributed by atoms with Gasteiger partial charge in [0.1, 0.15) is 11.6 Å². The third-order valence-electron chi connectivity index (χ3n) is 3.33. The van der Waals surface area contributed by atoms with Gasteiger partial charge < -0.3 is 15.0 Å². The summed E-state index contributed by atoms with van der Waals surface area (Å²) >= 11 is 6.81. The van der Waals surface area contributed by atoms with Crippen LogP contribution in [0.25, 0.3) is 17.0 Å². The molecular formula is C17H13Br2N3O2. The second kappa shape index (κ2) is 7.19. The maximum absolute atomic E-state index is 12.2. The van der Waals surface area contributed by atoms with Gasteiger partial charge in [0, 0.05) is 20.8 Å². The molecule has 0 radical (unpaired) electrons. The van der Waals surface area contributed by atoms with Crippen molar-refractivity contribution in [3.05, 3.63) is 67.7 Å². The van der Waals surface area contributed by atoms with E-state index in [0.29, 0.717) is 16.7 Å². The van der Waals surface area contributed by atoms with Gasteiger partial charge in [0.15, 0.2) is 0 Å². The normalized spacial score (nSPS) is 11.1. The molecule has 122 valence electrons. The Morgan fingerprint density at radius 3 is 2.67 bits per heavy atom. The van der Waals surface area contributed by atoms with Crippen molar-refractivity contribution in [2.24, 2.45) is 0 Å². The number of halogens is 2. The van der Waals surface area contributed by atoms with Crippen molar-refractivity contribution in [3.8, 4) is 5.75 Å². The Labute approximate surface area is 155 Å². The Hall–Kier alpha value is -2.12. The number of anilines is 1. The Bertz CT molecular complexity index is 966. The summed E-state index contributed by atoms with van der Waals surface area (Å²) in [5, 5.41) is 3.64. The SMILES string of the molecule is COc1ccc(N/C=C/c2nc3c(Br)cc(Br)cc3c(=O)[nH]2)cc1. The van der Waals surface area contributed by atoms with E-state index in [1.807, 2.05) is 30.3 Å². The van der Waals surface area contributed by atoms with E-state index < -0.39 is 0 Å². The monoisotopic (exact) mass is 449 g/mol. The first kappa shape index (κ1) is 16.7. The summed E-state index contributed by atoms with van der Waals surface area (Å²) < 4.78 is 6.69. The van der Waals surface area contributed by atoms with Crippen LogP contribution >= 0.6 is 31.9 Å². The molecule has 0 saturated carbocycles. The van der Waals surface area contributed by atoms with Crippen LogP contribution in [0.4, 0.5) is 5.69 Å². The van der Waals surface area contributed by atoms with Gasteiger partial charge in [-0.1, -0.05) is 15.9 Å².